The van der Waals surface area contributed by atoms with Crippen molar-refractivity contribution in [2.75, 3.05) is 7.11 Å². The van der Waals surface area contributed by atoms with Crippen LogP contribution in [0.1, 0.15) is 59.5 Å². The first-order valence-corrected chi connectivity index (χ1v) is 13.1. The van der Waals surface area contributed by atoms with Crippen molar-refractivity contribution in [1.82, 2.24) is 4.98 Å². The van der Waals surface area contributed by atoms with Crippen LogP contribution in [0.15, 0.2) is 60.8 Å². The van der Waals surface area contributed by atoms with Crippen LogP contribution in [0.3, 0.4) is 0 Å². The fourth-order valence-corrected chi connectivity index (χ4v) is 5.70. The van der Waals surface area contributed by atoms with E-state index in [1.807, 2.05) is 30.4 Å². The van der Waals surface area contributed by atoms with Gasteiger partial charge in [-0.25, -0.2) is 0 Å². The Morgan fingerprint density at radius 1 is 1.05 bits per heavy atom. The Morgan fingerprint density at radius 3 is 2.76 bits per heavy atom. The maximum absolute atomic E-state index is 13.4. The SMILES string of the molecule is COc1cc(CCC(=O)CC(=O)C2C=Cc3[n-]ccc3C2CC2C=Cc3c(O)cccc3CC2)ccc1O. The molecule has 1 aromatic heterocycles. The Morgan fingerprint density at radius 2 is 1.92 bits per heavy atom. The summed E-state index contributed by atoms with van der Waals surface area (Å²) in [6.07, 6.45) is 12.9. The molecule has 0 bridgehead atoms. The van der Waals surface area contributed by atoms with Gasteiger partial charge >= 0.3 is 0 Å². The van der Waals surface area contributed by atoms with E-state index in [9.17, 15) is 19.8 Å². The minimum atomic E-state index is -0.378. The third-order valence-electron chi connectivity index (χ3n) is 7.79. The number of allylic oxidation sites excluding steroid dienone is 2. The number of Topliss-reactive ketones (excluding diaryl/α,β-unsaturated/α-hetero) is 2. The van der Waals surface area contributed by atoms with Crippen LogP contribution >= 0.6 is 0 Å². The van der Waals surface area contributed by atoms with Crippen molar-refractivity contribution >= 4 is 23.7 Å². The number of hydrogen-bond acceptors (Lipinski definition) is 5. The fourth-order valence-electron chi connectivity index (χ4n) is 5.70. The number of nitrogens with zero attached hydrogens (tertiary/aromatic N) is 1. The largest absolute Gasteiger partial charge is 0.664 e. The fraction of sp³-hybridized carbons (Fsp3) is 0.312. The number of methoxy groups -OCH3 is 1. The molecule has 0 fully saturated rings. The molecule has 0 saturated carbocycles. The molecule has 6 heteroatoms. The van der Waals surface area contributed by atoms with E-state index in [1.54, 1.807) is 30.5 Å². The van der Waals surface area contributed by atoms with Gasteiger partial charge in [0.1, 0.15) is 17.3 Å². The number of benzene rings is 2. The number of hydrogen-bond donors (Lipinski definition) is 2. The van der Waals surface area contributed by atoms with Crippen molar-refractivity contribution in [3.8, 4) is 17.2 Å². The van der Waals surface area contributed by atoms with Gasteiger partial charge in [-0.3, -0.25) is 9.59 Å². The minimum absolute atomic E-state index is 0.0522. The molecule has 2 aromatic carbocycles. The lowest BCUT2D eigenvalue weighted by atomic mass is 9.73. The Balaban J connectivity index is 1.26. The maximum Gasteiger partial charge on any atom is 0.160 e. The molecule has 2 N–H and O–H groups in total. The highest BCUT2D eigenvalue weighted by Crippen LogP contribution is 2.41. The van der Waals surface area contributed by atoms with Crippen molar-refractivity contribution in [2.45, 2.75) is 44.4 Å². The van der Waals surface area contributed by atoms with Gasteiger partial charge in [-0.15, -0.1) is 5.69 Å². The van der Waals surface area contributed by atoms with Crippen LogP contribution in [0, 0.1) is 11.8 Å². The van der Waals surface area contributed by atoms with E-state index in [0.29, 0.717) is 17.9 Å². The lowest BCUT2D eigenvalue weighted by Gasteiger charge is -2.31. The zero-order valence-electron chi connectivity index (χ0n) is 21.5. The second-order valence-corrected chi connectivity index (χ2v) is 10.2. The molecule has 38 heavy (non-hydrogen) atoms. The van der Waals surface area contributed by atoms with Gasteiger partial charge < -0.3 is 19.9 Å². The number of phenols is 2. The summed E-state index contributed by atoms with van der Waals surface area (Å²) in [5, 5.41) is 20.1. The number of aryl methyl sites for hydroxylation is 2. The van der Waals surface area contributed by atoms with E-state index in [2.05, 4.69) is 17.1 Å². The van der Waals surface area contributed by atoms with E-state index in [4.69, 9.17) is 4.74 Å². The van der Waals surface area contributed by atoms with Crippen molar-refractivity contribution in [2.24, 2.45) is 11.8 Å². The van der Waals surface area contributed by atoms with Crippen molar-refractivity contribution in [1.29, 1.82) is 0 Å². The number of carbonyl (C=O) groups is 2. The minimum Gasteiger partial charge on any atom is -0.664 e. The average molecular weight is 511 g/mol. The van der Waals surface area contributed by atoms with E-state index in [-0.39, 0.29) is 47.9 Å². The predicted octanol–water partition coefficient (Wildman–Crippen LogP) is 5.62. The van der Waals surface area contributed by atoms with Gasteiger partial charge in [-0.1, -0.05) is 54.1 Å². The van der Waals surface area contributed by atoms with Gasteiger partial charge in [0, 0.05) is 17.9 Å². The lowest BCUT2D eigenvalue weighted by molar-refractivity contribution is -0.128. The van der Waals surface area contributed by atoms with Gasteiger partial charge in [0.05, 0.1) is 13.5 Å². The Bertz CT molecular complexity index is 1400. The van der Waals surface area contributed by atoms with Gasteiger partial charge in [0.25, 0.3) is 0 Å². The zero-order chi connectivity index (χ0) is 26.6. The number of rotatable bonds is 9. The monoisotopic (exact) mass is 510 g/mol. The van der Waals surface area contributed by atoms with E-state index >= 15 is 0 Å². The zero-order valence-corrected chi connectivity index (χ0v) is 21.5. The summed E-state index contributed by atoms with van der Waals surface area (Å²) >= 11 is 0. The Labute approximate surface area is 222 Å². The van der Waals surface area contributed by atoms with Crippen LogP contribution in [0.25, 0.3) is 12.2 Å². The van der Waals surface area contributed by atoms with Crippen LogP contribution in [0.5, 0.6) is 17.2 Å². The maximum atomic E-state index is 13.4. The van der Waals surface area contributed by atoms with Crippen LogP contribution < -0.4 is 9.72 Å². The van der Waals surface area contributed by atoms with Crippen LogP contribution in [-0.4, -0.2) is 28.9 Å². The van der Waals surface area contributed by atoms with Crippen LogP contribution in [-0.2, 0) is 22.4 Å². The molecule has 1 heterocycles. The molecule has 0 radical (unpaired) electrons. The number of carbonyl (C=O) groups excluding carboxylic acids is 2. The molecule has 2 aliphatic rings. The molecule has 0 saturated heterocycles. The molecule has 6 nitrogen and oxygen atoms in total. The van der Waals surface area contributed by atoms with E-state index in [1.165, 1.54) is 7.11 Å². The van der Waals surface area contributed by atoms with Crippen molar-refractivity contribution in [3.63, 3.8) is 0 Å². The lowest BCUT2D eigenvalue weighted by Crippen LogP contribution is -2.26. The molecular formula is C32H32NO5-. The summed E-state index contributed by atoms with van der Waals surface area (Å²) in [4.78, 5) is 30.7. The third-order valence-corrected chi connectivity index (χ3v) is 7.79. The highest BCUT2D eigenvalue weighted by molar-refractivity contribution is 6.01. The summed E-state index contributed by atoms with van der Waals surface area (Å²) in [5.41, 5.74) is 4.83. The van der Waals surface area contributed by atoms with Gasteiger partial charge in [-0.2, -0.15) is 6.20 Å². The number of phenolic OH excluding ortho intramolecular Hbond substituents is 2. The number of ketones is 2. The molecule has 3 aromatic rings. The highest BCUT2D eigenvalue weighted by atomic mass is 16.5. The van der Waals surface area contributed by atoms with Gasteiger partial charge in [-0.05, 0) is 66.8 Å². The third kappa shape index (κ3) is 5.44. The second kappa shape index (κ2) is 11.1. The molecule has 3 atom stereocenters. The summed E-state index contributed by atoms with van der Waals surface area (Å²) in [7, 11) is 1.48. The number of fused-ring (bicyclic) bond motifs is 2. The molecular weight excluding hydrogens is 478 g/mol. The molecule has 3 unspecified atom stereocenters. The normalized spacial score (nSPS) is 19.9. The van der Waals surface area contributed by atoms with E-state index < -0.39 is 0 Å². The predicted molar refractivity (Wildman–Crippen MR) is 146 cm³/mol. The van der Waals surface area contributed by atoms with Crippen LogP contribution in [0.4, 0.5) is 0 Å². The number of ether oxygens (including phenoxy) is 1. The molecule has 0 amide bonds. The van der Waals surface area contributed by atoms with Crippen LogP contribution in [0.2, 0.25) is 0 Å². The van der Waals surface area contributed by atoms with Crippen molar-refractivity contribution < 1.29 is 24.5 Å². The topological polar surface area (TPSA) is 97.9 Å². The van der Waals surface area contributed by atoms with E-state index in [0.717, 1.165) is 47.2 Å². The highest BCUT2D eigenvalue weighted by Gasteiger charge is 2.32. The summed E-state index contributed by atoms with van der Waals surface area (Å²) < 4.78 is 5.15. The molecule has 0 spiro atoms. The van der Waals surface area contributed by atoms with Crippen molar-refractivity contribution in [3.05, 3.63) is 88.8 Å². The molecule has 0 aliphatic heterocycles. The Kier molecular flexibility index (Phi) is 7.50. The molecule has 196 valence electrons. The number of aromatic hydroxyl groups is 2. The summed E-state index contributed by atoms with van der Waals surface area (Å²) in [6.45, 7) is 0. The Hall–Kier alpha value is -4.06. The quantitative estimate of drug-likeness (QED) is 0.363. The number of aromatic nitrogens is 1. The van der Waals surface area contributed by atoms with Gasteiger partial charge in [0.2, 0.25) is 0 Å². The first kappa shape index (κ1) is 25.6. The smallest absolute Gasteiger partial charge is 0.160 e. The summed E-state index contributed by atoms with van der Waals surface area (Å²) in [5.74, 6) is 0.354. The first-order chi connectivity index (χ1) is 18.4. The van der Waals surface area contributed by atoms with Gasteiger partial charge in [0.15, 0.2) is 11.5 Å². The molecule has 5 rings (SSSR count). The average Bonchev–Trinajstić information content (AvgIpc) is 3.30. The molecule has 2 aliphatic carbocycles. The second-order valence-electron chi connectivity index (χ2n) is 10.2. The first-order valence-electron chi connectivity index (χ1n) is 13.1. The standard InChI is InChI=1S/C32H32NO5/c1-38-32-18-21(8-14-30(32)36)6-10-23(34)19-31(37)26-12-13-28-25(15-16-33-28)27(26)17-20-5-9-22-3-2-4-29(35)24(22)11-7-20/h2-4,7-8,11-16,18,20,26-27,35-36H,5-6,9-10,17,19H2,1H3/q-1. The summed E-state index contributed by atoms with van der Waals surface area (Å²) in [6, 6.07) is 12.7.